The molecule has 0 bridgehead atoms. The summed E-state index contributed by atoms with van der Waals surface area (Å²) in [5.41, 5.74) is 4.25. The molecule has 3 aromatic rings. The molecule has 0 radical (unpaired) electrons. The Morgan fingerprint density at radius 1 is 1.03 bits per heavy atom. The van der Waals surface area contributed by atoms with Crippen molar-refractivity contribution >= 4 is 17.3 Å². The number of rotatable bonds is 8. The maximum absolute atomic E-state index is 10.1. The maximum atomic E-state index is 10.1. The number of nitriles is 1. The van der Waals surface area contributed by atoms with E-state index in [0.717, 1.165) is 45.9 Å². The van der Waals surface area contributed by atoms with Crippen LogP contribution >= 0.6 is 11.8 Å². The van der Waals surface area contributed by atoms with Crippen LogP contribution in [-0.2, 0) is 0 Å². The Hall–Kier alpha value is -2.77. The van der Waals surface area contributed by atoms with Crippen LogP contribution in [0.25, 0.3) is 5.57 Å². The average Bonchev–Trinajstić information content (AvgIpc) is 3.65. The van der Waals surface area contributed by atoms with Crippen LogP contribution in [-0.4, -0.2) is 11.4 Å². The molecule has 1 heterocycles. The quantitative estimate of drug-likeness (QED) is 0.315. The van der Waals surface area contributed by atoms with Crippen LogP contribution in [0.1, 0.15) is 87.2 Å². The van der Waals surface area contributed by atoms with Gasteiger partial charge in [0.05, 0.1) is 17.6 Å². The van der Waals surface area contributed by atoms with Crippen molar-refractivity contribution in [1.82, 2.24) is 5.16 Å². The zero-order valence-corrected chi connectivity index (χ0v) is 21.4. The molecule has 33 heavy (non-hydrogen) atoms. The Kier molecular flexibility index (Phi) is 11.0. The van der Waals surface area contributed by atoms with Crippen LogP contribution in [0.3, 0.4) is 0 Å². The van der Waals surface area contributed by atoms with Crippen LogP contribution in [0.15, 0.2) is 76.8 Å². The van der Waals surface area contributed by atoms with Crippen molar-refractivity contribution in [3.8, 4) is 6.07 Å². The zero-order chi connectivity index (χ0) is 24.2. The van der Waals surface area contributed by atoms with Crippen LogP contribution in [0.2, 0.25) is 0 Å². The predicted molar refractivity (Wildman–Crippen MR) is 141 cm³/mol. The minimum atomic E-state index is -0.252. The SMILES string of the molecule is C=C(CC(c1ccccc1)C(C#N)c1ccccc1)c1c(SC)noc1C1CC1.CC.CC. The van der Waals surface area contributed by atoms with Crippen molar-refractivity contribution in [3.63, 3.8) is 0 Å². The fourth-order valence-electron chi connectivity index (χ4n) is 3.93. The molecule has 1 aliphatic rings. The number of thioether (sulfide) groups is 1. The van der Waals surface area contributed by atoms with Crippen LogP contribution < -0.4 is 0 Å². The molecular weight excluding hydrogens is 424 g/mol. The minimum absolute atomic E-state index is 0.00718. The summed E-state index contributed by atoms with van der Waals surface area (Å²) in [5, 5.41) is 15.3. The average molecular weight is 461 g/mol. The van der Waals surface area contributed by atoms with E-state index in [2.05, 4.69) is 29.9 Å². The number of allylic oxidation sites excluding steroid dienone is 1. The van der Waals surface area contributed by atoms with Gasteiger partial charge in [-0.05, 0) is 42.2 Å². The molecule has 0 amide bonds. The number of nitrogens with zero attached hydrogens (tertiary/aromatic N) is 2. The molecule has 174 valence electrons. The largest absolute Gasteiger partial charge is 0.359 e. The van der Waals surface area contributed by atoms with Gasteiger partial charge in [-0.1, -0.05) is 100 Å². The lowest BCUT2D eigenvalue weighted by Gasteiger charge is -2.24. The fraction of sp³-hybridized carbons (Fsp3) is 0.379. The lowest BCUT2D eigenvalue weighted by molar-refractivity contribution is 0.371. The van der Waals surface area contributed by atoms with Crippen molar-refractivity contribution < 1.29 is 4.52 Å². The van der Waals surface area contributed by atoms with Crippen molar-refractivity contribution in [2.45, 2.75) is 69.7 Å². The summed E-state index contributed by atoms with van der Waals surface area (Å²) in [6.45, 7) is 12.4. The third-order valence-corrected chi connectivity index (χ3v) is 6.24. The fourth-order valence-corrected chi connectivity index (χ4v) is 4.49. The molecular formula is C29H36N2OS. The molecule has 3 nitrogen and oxygen atoms in total. The van der Waals surface area contributed by atoms with Crippen molar-refractivity contribution in [3.05, 3.63) is 89.7 Å². The maximum Gasteiger partial charge on any atom is 0.148 e. The highest BCUT2D eigenvalue weighted by Crippen LogP contribution is 2.48. The molecule has 4 rings (SSSR count). The molecule has 2 atom stereocenters. The highest BCUT2D eigenvalue weighted by molar-refractivity contribution is 7.98. The Bertz CT molecular complexity index is 1020. The smallest absolute Gasteiger partial charge is 0.148 e. The van der Waals surface area contributed by atoms with E-state index in [9.17, 15) is 5.26 Å². The van der Waals surface area contributed by atoms with Gasteiger partial charge in [0.1, 0.15) is 10.8 Å². The highest BCUT2D eigenvalue weighted by Gasteiger charge is 2.34. The molecule has 1 saturated carbocycles. The van der Waals surface area contributed by atoms with Crippen LogP contribution in [0.5, 0.6) is 0 Å². The molecule has 1 aliphatic carbocycles. The van der Waals surface area contributed by atoms with Crippen molar-refractivity contribution in [2.75, 3.05) is 6.26 Å². The highest BCUT2D eigenvalue weighted by atomic mass is 32.2. The summed E-state index contributed by atoms with van der Waals surface area (Å²) in [5.74, 6) is 1.19. The first-order valence-electron chi connectivity index (χ1n) is 11.9. The third kappa shape index (κ3) is 6.62. The summed E-state index contributed by atoms with van der Waals surface area (Å²) < 4.78 is 5.69. The van der Waals surface area contributed by atoms with E-state index in [4.69, 9.17) is 4.52 Å². The minimum Gasteiger partial charge on any atom is -0.359 e. The second-order valence-corrected chi connectivity index (χ2v) is 8.34. The van der Waals surface area contributed by atoms with Gasteiger partial charge in [0, 0.05) is 11.8 Å². The normalized spacial score (nSPS) is 13.9. The number of hydrogen-bond donors (Lipinski definition) is 0. The van der Waals surface area contributed by atoms with Gasteiger partial charge in [0.15, 0.2) is 0 Å². The van der Waals surface area contributed by atoms with Gasteiger partial charge in [0.25, 0.3) is 0 Å². The monoisotopic (exact) mass is 460 g/mol. The first-order chi connectivity index (χ1) is 16.2. The van der Waals surface area contributed by atoms with E-state index in [0.29, 0.717) is 12.3 Å². The topological polar surface area (TPSA) is 49.8 Å². The van der Waals surface area contributed by atoms with E-state index in [1.165, 1.54) is 0 Å². The van der Waals surface area contributed by atoms with E-state index in [1.807, 2.05) is 82.5 Å². The molecule has 1 fully saturated rings. The van der Waals surface area contributed by atoms with Crippen molar-refractivity contribution in [1.29, 1.82) is 5.26 Å². The Balaban J connectivity index is 0.000000914. The molecule has 4 heteroatoms. The van der Waals surface area contributed by atoms with Gasteiger partial charge in [0.2, 0.25) is 0 Å². The Morgan fingerprint density at radius 3 is 2.06 bits per heavy atom. The predicted octanol–water partition coefficient (Wildman–Crippen LogP) is 8.82. The first-order valence-corrected chi connectivity index (χ1v) is 13.2. The number of hydrogen-bond acceptors (Lipinski definition) is 4. The summed E-state index contributed by atoms with van der Waals surface area (Å²) in [4.78, 5) is 0. The molecule has 2 aromatic carbocycles. The van der Waals surface area contributed by atoms with E-state index in [-0.39, 0.29) is 11.8 Å². The second-order valence-electron chi connectivity index (χ2n) is 7.55. The first kappa shape index (κ1) is 26.5. The van der Waals surface area contributed by atoms with Gasteiger partial charge in [-0.3, -0.25) is 0 Å². The van der Waals surface area contributed by atoms with E-state index in [1.54, 1.807) is 11.8 Å². The van der Waals surface area contributed by atoms with Crippen LogP contribution in [0.4, 0.5) is 0 Å². The lowest BCUT2D eigenvalue weighted by atomic mass is 9.78. The summed E-state index contributed by atoms with van der Waals surface area (Å²) in [6, 6.07) is 22.9. The Morgan fingerprint density at radius 2 is 1.58 bits per heavy atom. The zero-order valence-electron chi connectivity index (χ0n) is 20.5. The van der Waals surface area contributed by atoms with Gasteiger partial charge in [-0.15, -0.1) is 11.8 Å². The third-order valence-electron chi connectivity index (χ3n) is 5.58. The van der Waals surface area contributed by atoms with E-state index >= 15 is 0 Å². The molecule has 0 N–H and O–H groups in total. The van der Waals surface area contributed by atoms with Crippen molar-refractivity contribution in [2.24, 2.45) is 0 Å². The number of benzene rings is 2. The second kappa shape index (κ2) is 13.7. The van der Waals surface area contributed by atoms with Gasteiger partial charge < -0.3 is 4.52 Å². The Labute approximate surface area is 203 Å². The standard InChI is InChI=1S/C25H24N2OS.2C2H6/c1-17(23-24(20-13-14-20)28-27-25(23)29-2)15-21(18-9-5-3-6-10-18)22(16-26)19-11-7-4-8-12-19;2*1-2/h3-12,20-22H,1,13-15H2,2H3;2*1-2H3. The van der Waals surface area contributed by atoms with Gasteiger partial charge >= 0.3 is 0 Å². The van der Waals surface area contributed by atoms with Gasteiger partial charge in [-0.2, -0.15) is 5.26 Å². The molecule has 1 aromatic heterocycles. The number of aromatic nitrogens is 1. The summed E-state index contributed by atoms with van der Waals surface area (Å²) in [7, 11) is 0. The molecule has 0 spiro atoms. The molecule has 2 unspecified atom stereocenters. The van der Waals surface area contributed by atoms with Gasteiger partial charge in [-0.25, -0.2) is 0 Å². The molecule has 0 aliphatic heterocycles. The summed E-state index contributed by atoms with van der Waals surface area (Å²) in [6.07, 6.45) is 5.00. The summed E-state index contributed by atoms with van der Waals surface area (Å²) >= 11 is 1.59. The van der Waals surface area contributed by atoms with E-state index < -0.39 is 0 Å². The lowest BCUT2D eigenvalue weighted by Crippen LogP contribution is -2.11. The molecule has 0 saturated heterocycles. The van der Waals surface area contributed by atoms with Crippen LogP contribution in [0, 0.1) is 11.3 Å².